The number of rotatable bonds is 16. The summed E-state index contributed by atoms with van der Waals surface area (Å²) < 4.78 is 0. The molecule has 0 fully saturated rings. The van der Waals surface area contributed by atoms with Gasteiger partial charge in [0.1, 0.15) is 12.1 Å². The smallest absolute Gasteiger partial charge is 0.326 e. The van der Waals surface area contributed by atoms with Crippen LogP contribution < -0.4 is 21.3 Å². The quantitative estimate of drug-likeness (QED) is 0.0321. The van der Waals surface area contributed by atoms with E-state index >= 15 is 0 Å². The number of carbonyl (C=O) groups excluding carboxylic acids is 2. The van der Waals surface area contributed by atoms with Crippen LogP contribution in [0.2, 0.25) is 0 Å². The van der Waals surface area contributed by atoms with Gasteiger partial charge >= 0.3 is 11.9 Å². The van der Waals surface area contributed by atoms with E-state index in [1.54, 1.807) is 54.7 Å². The van der Waals surface area contributed by atoms with E-state index in [0.29, 0.717) is 28.9 Å². The summed E-state index contributed by atoms with van der Waals surface area (Å²) in [7, 11) is 0. The molecule has 6 N–H and O–H groups in total. The van der Waals surface area contributed by atoms with E-state index in [2.05, 4.69) is 26.3 Å². The second kappa shape index (κ2) is 18.1. The highest BCUT2D eigenvalue weighted by molar-refractivity contribution is 5.96. The van der Waals surface area contributed by atoms with Gasteiger partial charge in [-0.25, -0.2) is 9.79 Å². The van der Waals surface area contributed by atoms with Gasteiger partial charge in [-0.3, -0.25) is 29.8 Å². The van der Waals surface area contributed by atoms with E-state index in [9.17, 15) is 34.4 Å². The summed E-state index contributed by atoms with van der Waals surface area (Å²) in [5, 5.41) is 49.3. The number of nitrogens with one attached hydrogen (secondary N) is 4. The van der Waals surface area contributed by atoms with Crippen molar-refractivity contribution >= 4 is 46.8 Å². The highest BCUT2D eigenvalue weighted by Crippen LogP contribution is 2.19. The molecule has 3 aromatic rings. The number of aliphatic imine (C=N–C) groups is 1. The molecule has 2 unspecified atom stereocenters. The fraction of sp³-hybridized carbons (Fsp3) is 0.294. The van der Waals surface area contributed by atoms with E-state index in [0.717, 1.165) is 5.56 Å². The Hall–Kier alpha value is -6.30. The second-order valence-electron chi connectivity index (χ2n) is 11.5. The Morgan fingerprint density at radius 1 is 0.878 bits per heavy atom. The number of guanidine groups is 1. The van der Waals surface area contributed by atoms with Crippen LogP contribution in [0.1, 0.15) is 43.4 Å². The topological polar surface area (TPSA) is 236 Å². The van der Waals surface area contributed by atoms with E-state index in [1.165, 1.54) is 24.3 Å². The molecule has 2 amide bonds. The number of nitro groups is 1. The molecule has 0 aliphatic heterocycles. The van der Waals surface area contributed by atoms with Crippen molar-refractivity contribution in [1.82, 2.24) is 16.0 Å². The standard InChI is InChI=1S/C34H37N7O8/c1-21(2)17-28(32(45)40-29(33(46)47)18-23-5-3-22(4-6-23)9-16-31(43)44)39-30(42)19-24-7-10-25(11-8-24)37-34(36-20-35)38-26-12-14-27(15-13-26)41(48)49/h3-8,10-15,21,28-29H,9,16-19H2,1-2H3,(H,39,42)(H,40,45)(H,43,44)(H,46,47)(H2,36,37,38). The van der Waals surface area contributed by atoms with Crippen LogP contribution in [0.3, 0.4) is 0 Å². The third-order valence-corrected chi connectivity index (χ3v) is 7.12. The molecule has 0 heterocycles. The molecule has 0 spiro atoms. The third-order valence-electron chi connectivity index (χ3n) is 7.12. The molecule has 0 radical (unpaired) electrons. The van der Waals surface area contributed by atoms with Gasteiger partial charge in [-0.2, -0.15) is 5.26 Å². The number of anilines is 1. The van der Waals surface area contributed by atoms with Gasteiger partial charge in [-0.15, -0.1) is 0 Å². The van der Waals surface area contributed by atoms with Crippen molar-refractivity contribution in [3.63, 3.8) is 0 Å². The number of hydrogen-bond donors (Lipinski definition) is 6. The lowest BCUT2D eigenvalue weighted by molar-refractivity contribution is -0.384. The highest BCUT2D eigenvalue weighted by Gasteiger charge is 2.27. The van der Waals surface area contributed by atoms with Gasteiger partial charge in [0.05, 0.1) is 17.0 Å². The van der Waals surface area contributed by atoms with Crippen molar-refractivity contribution in [3.05, 3.63) is 99.6 Å². The summed E-state index contributed by atoms with van der Waals surface area (Å²) in [4.78, 5) is 63.7. The Morgan fingerprint density at radius 3 is 2.04 bits per heavy atom. The van der Waals surface area contributed by atoms with E-state index in [1.807, 2.05) is 13.8 Å². The SMILES string of the molecule is CC(C)CC(NC(=O)Cc1ccc(NC(=Nc2ccc([N+](=O)[O-])cc2)NC#N)cc1)C(=O)NC(Cc1ccc(CCC(=O)O)cc1)C(=O)O. The minimum absolute atomic E-state index is 0.00640. The number of non-ortho nitro benzene ring substituents is 1. The summed E-state index contributed by atoms with van der Waals surface area (Å²) in [5.41, 5.74) is 2.84. The summed E-state index contributed by atoms with van der Waals surface area (Å²) in [6, 6.07) is 16.7. The molecule has 0 bridgehead atoms. The van der Waals surface area contributed by atoms with Crippen molar-refractivity contribution < 1.29 is 34.3 Å². The van der Waals surface area contributed by atoms with Crippen LogP contribution in [0.25, 0.3) is 0 Å². The first-order valence-electron chi connectivity index (χ1n) is 15.3. The first-order valence-corrected chi connectivity index (χ1v) is 15.3. The van der Waals surface area contributed by atoms with Gasteiger partial charge in [0.2, 0.25) is 17.8 Å². The van der Waals surface area contributed by atoms with Crippen LogP contribution in [0.4, 0.5) is 17.1 Å². The van der Waals surface area contributed by atoms with E-state index in [4.69, 9.17) is 10.4 Å². The van der Waals surface area contributed by atoms with Gasteiger partial charge in [0.15, 0.2) is 6.19 Å². The Morgan fingerprint density at radius 2 is 1.49 bits per heavy atom. The average molecular weight is 672 g/mol. The molecule has 15 nitrogen and oxygen atoms in total. The maximum absolute atomic E-state index is 13.2. The van der Waals surface area contributed by atoms with Crippen LogP contribution in [-0.4, -0.2) is 56.9 Å². The van der Waals surface area contributed by atoms with Gasteiger partial charge in [0, 0.05) is 30.7 Å². The molecule has 49 heavy (non-hydrogen) atoms. The lowest BCUT2D eigenvalue weighted by Gasteiger charge is -2.23. The van der Waals surface area contributed by atoms with Crippen LogP contribution in [-0.2, 0) is 38.4 Å². The number of nitriles is 1. The summed E-state index contributed by atoms with van der Waals surface area (Å²) in [6.07, 6.45) is 2.28. The summed E-state index contributed by atoms with van der Waals surface area (Å²) in [5.74, 6) is -3.16. The molecule has 2 atom stereocenters. The van der Waals surface area contributed by atoms with E-state index in [-0.39, 0.29) is 43.2 Å². The normalized spacial score (nSPS) is 12.2. The number of hydrogen-bond acceptors (Lipinski definition) is 8. The molecule has 3 aromatic carbocycles. The van der Waals surface area contributed by atoms with Crippen LogP contribution in [0.15, 0.2) is 77.8 Å². The lowest BCUT2D eigenvalue weighted by Crippen LogP contribution is -2.52. The van der Waals surface area contributed by atoms with Crippen LogP contribution in [0, 0.1) is 27.5 Å². The molecule has 0 aliphatic carbocycles. The largest absolute Gasteiger partial charge is 0.481 e. The third kappa shape index (κ3) is 12.8. The van der Waals surface area contributed by atoms with Crippen molar-refractivity contribution in [3.8, 4) is 6.19 Å². The highest BCUT2D eigenvalue weighted by atomic mass is 16.6. The number of carbonyl (C=O) groups is 4. The van der Waals surface area contributed by atoms with Gasteiger partial charge < -0.3 is 26.2 Å². The zero-order valence-corrected chi connectivity index (χ0v) is 26.9. The monoisotopic (exact) mass is 671 g/mol. The van der Waals surface area contributed by atoms with Crippen molar-refractivity contribution in [2.75, 3.05) is 5.32 Å². The molecule has 3 rings (SSSR count). The molecule has 256 valence electrons. The number of nitro benzene ring substituents is 1. The Kier molecular flexibility index (Phi) is 13.8. The van der Waals surface area contributed by atoms with E-state index < -0.39 is 40.8 Å². The molecule has 0 saturated carbocycles. The number of nitrogens with zero attached hydrogens (tertiary/aromatic N) is 3. The minimum atomic E-state index is -1.26. The lowest BCUT2D eigenvalue weighted by atomic mass is 10.00. The first kappa shape index (κ1) is 37.2. The molecular formula is C34H37N7O8. The average Bonchev–Trinajstić information content (AvgIpc) is 3.04. The van der Waals surface area contributed by atoms with Crippen LogP contribution >= 0.6 is 0 Å². The Balaban J connectivity index is 1.61. The van der Waals surface area contributed by atoms with Gasteiger partial charge in [-0.1, -0.05) is 50.2 Å². The minimum Gasteiger partial charge on any atom is -0.481 e. The van der Waals surface area contributed by atoms with Crippen LogP contribution in [0.5, 0.6) is 0 Å². The maximum Gasteiger partial charge on any atom is 0.326 e. The van der Waals surface area contributed by atoms with Crippen molar-refractivity contribution in [2.45, 2.75) is 58.0 Å². The molecule has 0 saturated heterocycles. The Bertz CT molecular complexity index is 1700. The zero-order valence-electron chi connectivity index (χ0n) is 26.9. The summed E-state index contributed by atoms with van der Waals surface area (Å²) in [6.45, 7) is 3.75. The number of aryl methyl sites for hydroxylation is 1. The maximum atomic E-state index is 13.2. The fourth-order valence-electron chi connectivity index (χ4n) is 4.70. The number of carboxylic acids is 2. The number of aliphatic carboxylic acids is 2. The molecule has 0 aromatic heterocycles. The predicted octanol–water partition coefficient (Wildman–Crippen LogP) is 3.67. The Labute approximate surface area is 282 Å². The predicted molar refractivity (Wildman–Crippen MR) is 180 cm³/mol. The molecule has 15 heteroatoms. The van der Waals surface area contributed by atoms with Crippen molar-refractivity contribution in [2.24, 2.45) is 10.9 Å². The molecular weight excluding hydrogens is 634 g/mol. The van der Waals surface area contributed by atoms with Crippen molar-refractivity contribution in [1.29, 1.82) is 5.26 Å². The second-order valence-corrected chi connectivity index (χ2v) is 11.5. The zero-order chi connectivity index (χ0) is 35.9. The summed E-state index contributed by atoms with van der Waals surface area (Å²) >= 11 is 0. The fourth-order valence-corrected chi connectivity index (χ4v) is 4.70. The van der Waals surface area contributed by atoms with Gasteiger partial charge in [-0.05, 0) is 59.7 Å². The number of amides is 2. The number of carboxylic acid groups (broad SMARTS) is 2. The first-order chi connectivity index (χ1) is 23.3. The molecule has 0 aliphatic rings. The number of benzene rings is 3. The van der Waals surface area contributed by atoms with Gasteiger partial charge in [0.25, 0.3) is 5.69 Å².